The maximum absolute atomic E-state index is 10.6. The molecule has 0 radical (unpaired) electrons. The summed E-state index contributed by atoms with van der Waals surface area (Å²) in [5.74, 6) is -1.04. The number of carboxylic acids is 1. The van der Waals surface area contributed by atoms with E-state index in [9.17, 15) is 15.1 Å². The number of hydrogen-bond donors (Lipinski definition) is 3. The van der Waals surface area contributed by atoms with Gasteiger partial charge in [0.15, 0.2) is 0 Å². The van der Waals surface area contributed by atoms with Gasteiger partial charge in [-0.25, -0.2) is 0 Å². The van der Waals surface area contributed by atoms with Crippen molar-refractivity contribution >= 4 is 16.9 Å². The third-order valence-electron chi connectivity index (χ3n) is 2.21. The molecule has 0 fully saturated rings. The summed E-state index contributed by atoms with van der Waals surface area (Å²) in [5, 5.41) is 28.0. The number of fused-ring (bicyclic) bond motifs is 1. The van der Waals surface area contributed by atoms with Crippen LogP contribution in [0.5, 0.6) is 5.75 Å². The Labute approximate surface area is 84.8 Å². The highest BCUT2D eigenvalue weighted by Crippen LogP contribution is 2.29. The van der Waals surface area contributed by atoms with Crippen molar-refractivity contribution in [2.45, 2.75) is 6.42 Å². The van der Waals surface area contributed by atoms with Gasteiger partial charge in [0.1, 0.15) is 5.75 Å². The van der Waals surface area contributed by atoms with Gasteiger partial charge in [-0.3, -0.25) is 4.79 Å². The fraction of sp³-hybridized carbons (Fsp3) is 0.100. The molecule has 1 heterocycles. The van der Waals surface area contributed by atoms with E-state index < -0.39 is 5.97 Å². The second kappa shape index (κ2) is 3.20. The Balaban J connectivity index is 2.70. The highest BCUT2D eigenvalue weighted by Gasteiger charge is 2.13. The fourth-order valence-electron chi connectivity index (χ4n) is 1.63. The van der Waals surface area contributed by atoms with Gasteiger partial charge >= 0.3 is 5.97 Å². The van der Waals surface area contributed by atoms with E-state index in [1.807, 2.05) is 0 Å². The van der Waals surface area contributed by atoms with Crippen molar-refractivity contribution in [2.24, 2.45) is 0 Å². The first-order chi connectivity index (χ1) is 7.09. The van der Waals surface area contributed by atoms with Gasteiger partial charge in [0.05, 0.1) is 11.9 Å². The molecule has 5 heteroatoms. The lowest BCUT2D eigenvalue weighted by Crippen LogP contribution is -1.99. The van der Waals surface area contributed by atoms with E-state index in [0.717, 1.165) is 4.73 Å². The Morgan fingerprint density at radius 1 is 1.40 bits per heavy atom. The normalized spacial score (nSPS) is 10.7. The average molecular weight is 207 g/mol. The predicted octanol–water partition coefficient (Wildman–Crippen LogP) is 1.21. The van der Waals surface area contributed by atoms with Crippen molar-refractivity contribution in [1.82, 2.24) is 4.73 Å². The largest absolute Gasteiger partial charge is 0.507 e. The van der Waals surface area contributed by atoms with Gasteiger partial charge in [-0.1, -0.05) is 6.07 Å². The average Bonchev–Trinajstić information content (AvgIpc) is 2.44. The first-order valence-electron chi connectivity index (χ1n) is 4.32. The molecule has 0 unspecified atom stereocenters. The Morgan fingerprint density at radius 3 is 2.80 bits per heavy atom. The van der Waals surface area contributed by atoms with Crippen LogP contribution in [-0.2, 0) is 11.2 Å². The number of aromatic hydroxyl groups is 1. The summed E-state index contributed by atoms with van der Waals surface area (Å²) in [6.07, 6.45) is 1.06. The lowest BCUT2D eigenvalue weighted by atomic mass is 10.1. The number of phenols is 1. The summed E-state index contributed by atoms with van der Waals surface area (Å²) < 4.78 is 0.813. The molecule has 2 aromatic rings. The highest BCUT2D eigenvalue weighted by atomic mass is 16.5. The fourth-order valence-corrected chi connectivity index (χ4v) is 1.63. The maximum Gasteiger partial charge on any atom is 0.307 e. The number of carboxylic acid groups (broad SMARTS) is 1. The first-order valence-corrected chi connectivity index (χ1v) is 4.32. The van der Waals surface area contributed by atoms with Crippen LogP contribution in [0.4, 0.5) is 0 Å². The van der Waals surface area contributed by atoms with Crippen molar-refractivity contribution in [3.8, 4) is 5.75 Å². The number of carbonyl (C=O) groups is 1. The van der Waals surface area contributed by atoms with Gasteiger partial charge in [-0.05, 0) is 17.7 Å². The molecule has 0 aliphatic heterocycles. The Bertz CT molecular complexity index is 529. The van der Waals surface area contributed by atoms with E-state index in [1.165, 1.54) is 12.3 Å². The number of nitrogens with zero attached hydrogens (tertiary/aromatic N) is 1. The maximum atomic E-state index is 10.6. The molecular formula is C10H9NO4. The zero-order valence-corrected chi connectivity index (χ0v) is 7.71. The molecule has 0 atom stereocenters. The molecule has 0 amide bonds. The van der Waals surface area contributed by atoms with Crippen molar-refractivity contribution in [3.63, 3.8) is 0 Å². The minimum absolute atomic E-state index is 0.0310. The van der Waals surface area contributed by atoms with Crippen molar-refractivity contribution < 1.29 is 20.2 Å². The van der Waals surface area contributed by atoms with Gasteiger partial charge in [0.25, 0.3) is 0 Å². The van der Waals surface area contributed by atoms with Crippen LogP contribution >= 0.6 is 0 Å². The van der Waals surface area contributed by atoms with E-state index in [2.05, 4.69) is 0 Å². The van der Waals surface area contributed by atoms with Gasteiger partial charge in [-0.15, -0.1) is 0 Å². The van der Waals surface area contributed by atoms with Crippen molar-refractivity contribution in [1.29, 1.82) is 0 Å². The van der Waals surface area contributed by atoms with Crippen LogP contribution in [0.25, 0.3) is 10.9 Å². The Morgan fingerprint density at radius 2 is 2.13 bits per heavy atom. The Kier molecular flexibility index (Phi) is 2.00. The SMILES string of the molecule is O=C(O)Cc1cn(O)c2cccc(O)c12. The lowest BCUT2D eigenvalue weighted by molar-refractivity contribution is -0.136. The zero-order valence-electron chi connectivity index (χ0n) is 7.71. The first kappa shape index (κ1) is 9.39. The van der Waals surface area contributed by atoms with Crippen LogP contribution in [0, 0.1) is 0 Å². The van der Waals surface area contributed by atoms with Gasteiger partial charge in [0.2, 0.25) is 0 Å². The number of aliphatic carboxylic acids is 1. The summed E-state index contributed by atoms with van der Waals surface area (Å²) in [6, 6.07) is 4.63. The molecule has 0 spiro atoms. The topological polar surface area (TPSA) is 82.7 Å². The molecule has 5 nitrogen and oxygen atoms in total. The molecule has 0 bridgehead atoms. The van der Waals surface area contributed by atoms with E-state index in [-0.39, 0.29) is 12.2 Å². The molecule has 0 aliphatic rings. The zero-order chi connectivity index (χ0) is 11.0. The third-order valence-corrected chi connectivity index (χ3v) is 2.21. The Hall–Kier alpha value is -2.17. The van der Waals surface area contributed by atoms with Gasteiger partial charge < -0.3 is 15.4 Å². The third kappa shape index (κ3) is 1.48. The molecule has 3 N–H and O–H groups in total. The van der Waals surface area contributed by atoms with Gasteiger partial charge in [0, 0.05) is 11.6 Å². The van der Waals surface area contributed by atoms with Crippen LogP contribution in [0.1, 0.15) is 5.56 Å². The summed E-state index contributed by atoms with van der Waals surface area (Å²) in [4.78, 5) is 10.6. The minimum atomic E-state index is -1.01. The van der Waals surface area contributed by atoms with Crippen LogP contribution in [0.3, 0.4) is 0 Å². The molecule has 78 valence electrons. The molecule has 0 aliphatic carbocycles. The molecule has 0 saturated carbocycles. The molecular weight excluding hydrogens is 198 g/mol. The van der Waals surface area contributed by atoms with Gasteiger partial charge in [-0.2, -0.15) is 4.73 Å². The number of phenolic OH excluding ortho intramolecular Hbond substituents is 1. The molecule has 15 heavy (non-hydrogen) atoms. The summed E-state index contributed by atoms with van der Waals surface area (Å²) in [5.41, 5.74) is 0.782. The van der Waals surface area contributed by atoms with Crippen LogP contribution in [-0.4, -0.2) is 26.1 Å². The minimum Gasteiger partial charge on any atom is -0.507 e. The van der Waals surface area contributed by atoms with Crippen molar-refractivity contribution in [3.05, 3.63) is 30.0 Å². The summed E-state index contributed by atoms with van der Waals surface area (Å²) >= 11 is 0. The summed E-state index contributed by atoms with van der Waals surface area (Å²) in [7, 11) is 0. The van der Waals surface area contributed by atoms with E-state index >= 15 is 0 Å². The number of hydrogen-bond acceptors (Lipinski definition) is 3. The molecule has 0 saturated heterocycles. The van der Waals surface area contributed by atoms with Crippen molar-refractivity contribution in [2.75, 3.05) is 0 Å². The summed E-state index contributed by atoms with van der Waals surface area (Å²) in [6.45, 7) is 0. The molecule has 2 rings (SSSR count). The van der Waals surface area contributed by atoms with E-state index in [0.29, 0.717) is 16.5 Å². The second-order valence-electron chi connectivity index (χ2n) is 3.24. The highest BCUT2D eigenvalue weighted by molar-refractivity contribution is 5.91. The predicted molar refractivity (Wildman–Crippen MR) is 52.1 cm³/mol. The van der Waals surface area contributed by atoms with E-state index in [1.54, 1.807) is 12.1 Å². The van der Waals surface area contributed by atoms with Crippen LogP contribution in [0.15, 0.2) is 24.4 Å². The monoisotopic (exact) mass is 207 g/mol. The van der Waals surface area contributed by atoms with E-state index in [4.69, 9.17) is 5.11 Å². The molecule has 1 aromatic heterocycles. The van der Waals surface area contributed by atoms with Crippen LogP contribution < -0.4 is 0 Å². The lowest BCUT2D eigenvalue weighted by Gasteiger charge is -1.97. The number of aromatic nitrogens is 1. The second-order valence-corrected chi connectivity index (χ2v) is 3.24. The number of rotatable bonds is 2. The molecule has 1 aromatic carbocycles. The van der Waals surface area contributed by atoms with Crippen LogP contribution in [0.2, 0.25) is 0 Å². The quantitative estimate of drug-likeness (QED) is 0.646. The number of benzene rings is 1. The standard InChI is InChI=1S/C10H9NO4/c12-8-3-1-2-7-10(8)6(4-9(13)14)5-11(7)15/h1-3,5,12,15H,4H2,(H,13,14). The smallest absolute Gasteiger partial charge is 0.307 e.